The number of nitrogens with zero attached hydrogens (tertiary/aromatic N) is 3. The van der Waals surface area contributed by atoms with Crippen molar-refractivity contribution in [1.29, 1.82) is 0 Å². The molecule has 0 bridgehead atoms. The van der Waals surface area contributed by atoms with Crippen molar-refractivity contribution in [2.75, 3.05) is 6.54 Å². The first-order valence-electron chi connectivity index (χ1n) is 6.52. The summed E-state index contributed by atoms with van der Waals surface area (Å²) in [5, 5.41) is 11.7. The van der Waals surface area contributed by atoms with Gasteiger partial charge in [-0.05, 0) is 17.8 Å². The summed E-state index contributed by atoms with van der Waals surface area (Å²) in [4.78, 5) is 0. The van der Waals surface area contributed by atoms with Crippen molar-refractivity contribution in [1.82, 2.24) is 20.5 Å². The monoisotopic (exact) mass is 299 g/mol. The zero-order valence-electron chi connectivity index (χ0n) is 11.6. The lowest BCUT2D eigenvalue weighted by Crippen LogP contribution is -2.31. The standard InChI is InChI=1S/C15H17N5S/c1-2-8-16-15(21)19-17-9-14-10-18-20(12-14)11-13-6-4-3-5-7-13/h2-7,9-10,12H,1,8,11H2,(H2,16,19,21)/b17-9-. The van der Waals surface area contributed by atoms with Crippen molar-refractivity contribution in [3.05, 3.63) is 66.5 Å². The minimum absolute atomic E-state index is 0.461. The van der Waals surface area contributed by atoms with Gasteiger partial charge in [0.05, 0.1) is 19.0 Å². The number of hydrogen-bond acceptors (Lipinski definition) is 3. The summed E-state index contributed by atoms with van der Waals surface area (Å²) in [5.74, 6) is 0. The molecule has 0 atom stereocenters. The van der Waals surface area contributed by atoms with Crippen LogP contribution in [0.1, 0.15) is 11.1 Å². The van der Waals surface area contributed by atoms with Crippen LogP contribution in [0, 0.1) is 0 Å². The molecular weight excluding hydrogens is 282 g/mol. The first-order chi connectivity index (χ1) is 10.3. The Kier molecular flexibility index (Phi) is 5.66. The summed E-state index contributed by atoms with van der Waals surface area (Å²) in [6, 6.07) is 10.2. The summed E-state index contributed by atoms with van der Waals surface area (Å²) < 4.78 is 1.87. The molecule has 108 valence electrons. The molecule has 5 nitrogen and oxygen atoms in total. The molecule has 2 N–H and O–H groups in total. The molecule has 0 unspecified atom stereocenters. The van der Waals surface area contributed by atoms with Crippen LogP contribution >= 0.6 is 12.2 Å². The number of benzene rings is 1. The van der Waals surface area contributed by atoms with Crippen molar-refractivity contribution >= 4 is 23.5 Å². The van der Waals surface area contributed by atoms with Crippen LogP contribution in [-0.2, 0) is 6.54 Å². The van der Waals surface area contributed by atoms with Crippen LogP contribution in [0.25, 0.3) is 0 Å². The second-order valence-electron chi connectivity index (χ2n) is 4.33. The summed E-state index contributed by atoms with van der Waals surface area (Å²) in [6.07, 6.45) is 7.09. The lowest BCUT2D eigenvalue weighted by molar-refractivity contribution is 0.687. The van der Waals surface area contributed by atoms with Crippen molar-refractivity contribution in [3.8, 4) is 0 Å². The molecule has 0 aliphatic carbocycles. The highest BCUT2D eigenvalue weighted by atomic mass is 32.1. The van der Waals surface area contributed by atoms with E-state index >= 15 is 0 Å². The third-order valence-electron chi connectivity index (χ3n) is 2.63. The van der Waals surface area contributed by atoms with E-state index in [0.717, 1.165) is 12.1 Å². The quantitative estimate of drug-likeness (QED) is 0.370. The number of rotatable bonds is 6. The molecule has 0 saturated carbocycles. The summed E-state index contributed by atoms with van der Waals surface area (Å²) in [6.45, 7) is 4.94. The van der Waals surface area contributed by atoms with E-state index in [0.29, 0.717) is 11.7 Å². The smallest absolute Gasteiger partial charge is 0.187 e. The van der Waals surface area contributed by atoms with Gasteiger partial charge >= 0.3 is 0 Å². The molecule has 0 amide bonds. The fraction of sp³-hybridized carbons (Fsp3) is 0.133. The Balaban J connectivity index is 1.85. The second kappa shape index (κ2) is 7.96. The lowest BCUT2D eigenvalue weighted by Gasteiger charge is -2.02. The van der Waals surface area contributed by atoms with Crippen LogP contribution in [0.2, 0.25) is 0 Å². The van der Waals surface area contributed by atoms with E-state index in [-0.39, 0.29) is 0 Å². The third-order valence-corrected chi connectivity index (χ3v) is 2.86. The average Bonchev–Trinajstić information content (AvgIpc) is 2.93. The molecule has 2 rings (SSSR count). The number of hydrazone groups is 1. The van der Waals surface area contributed by atoms with Gasteiger partial charge in [0.2, 0.25) is 0 Å². The number of thiocarbonyl (C=S) groups is 1. The predicted molar refractivity (Wildman–Crippen MR) is 89.3 cm³/mol. The Bertz CT molecular complexity index is 618. The highest BCUT2D eigenvalue weighted by Gasteiger charge is 1.97. The number of hydrogen-bond donors (Lipinski definition) is 2. The molecule has 6 heteroatoms. The Morgan fingerprint density at radius 3 is 2.95 bits per heavy atom. The van der Waals surface area contributed by atoms with Gasteiger partial charge < -0.3 is 5.32 Å². The van der Waals surface area contributed by atoms with E-state index in [1.165, 1.54) is 5.56 Å². The van der Waals surface area contributed by atoms with E-state index in [1.54, 1.807) is 18.5 Å². The second-order valence-corrected chi connectivity index (χ2v) is 4.73. The molecule has 0 saturated heterocycles. The van der Waals surface area contributed by atoms with Crippen LogP contribution in [-0.4, -0.2) is 27.7 Å². The molecule has 2 aromatic rings. The summed E-state index contributed by atoms with van der Waals surface area (Å²) in [5.41, 5.74) is 4.84. The van der Waals surface area contributed by atoms with Crippen LogP contribution in [0.5, 0.6) is 0 Å². The predicted octanol–water partition coefficient (Wildman–Crippen LogP) is 1.92. The van der Waals surface area contributed by atoms with Crippen molar-refractivity contribution in [2.24, 2.45) is 5.10 Å². The highest BCUT2D eigenvalue weighted by Crippen LogP contribution is 2.02. The maximum absolute atomic E-state index is 5.02. The summed E-state index contributed by atoms with van der Waals surface area (Å²) >= 11 is 5.02. The van der Waals surface area contributed by atoms with Gasteiger partial charge in [0, 0.05) is 18.3 Å². The molecule has 0 radical (unpaired) electrons. The molecule has 21 heavy (non-hydrogen) atoms. The van der Waals surface area contributed by atoms with Crippen LogP contribution < -0.4 is 10.7 Å². The van der Waals surface area contributed by atoms with Crippen LogP contribution in [0.3, 0.4) is 0 Å². The Labute approximate surface area is 129 Å². The van der Waals surface area contributed by atoms with Crippen molar-refractivity contribution in [2.45, 2.75) is 6.54 Å². The van der Waals surface area contributed by atoms with Gasteiger partial charge in [-0.15, -0.1) is 6.58 Å². The third kappa shape index (κ3) is 5.19. The highest BCUT2D eigenvalue weighted by molar-refractivity contribution is 7.80. The first-order valence-corrected chi connectivity index (χ1v) is 6.93. The molecule has 0 aliphatic rings. The minimum atomic E-state index is 0.461. The molecule has 1 aromatic heterocycles. The molecule has 1 aromatic carbocycles. The Morgan fingerprint density at radius 2 is 2.19 bits per heavy atom. The Morgan fingerprint density at radius 1 is 1.38 bits per heavy atom. The average molecular weight is 299 g/mol. The van der Waals surface area contributed by atoms with Crippen LogP contribution in [0.15, 0.2) is 60.5 Å². The fourth-order valence-electron chi connectivity index (χ4n) is 1.67. The van der Waals surface area contributed by atoms with Gasteiger partial charge in [0.15, 0.2) is 5.11 Å². The van der Waals surface area contributed by atoms with Crippen LogP contribution in [0.4, 0.5) is 0 Å². The van der Waals surface area contributed by atoms with Gasteiger partial charge in [-0.3, -0.25) is 10.1 Å². The van der Waals surface area contributed by atoms with Gasteiger partial charge in [-0.25, -0.2) is 0 Å². The fourth-order valence-corrected chi connectivity index (χ4v) is 1.81. The molecule has 0 fully saturated rings. The van der Waals surface area contributed by atoms with E-state index in [2.05, 4.69) is 39.7 Å². The molecule has 0 aliphatic heterocycles. The van der Waals surface area contributed by atoms with Crippen molar-refractivity contribution < 1.29 is 0 Å². The maximum Gasteiger partial charge on any atom is 0.187 e. The van der Waals surface area contributed by atoms with E-state index < -0.39 is 0 Å². The summed E-state index contributed by atoms with van der Waals surface area (Å²) in [7, 11) is 0. The maximum atomic E-state index is 5.02. The first kappa shape index (κ1) is 14.9. The normalized spacial score (nSPS) is 10.5. The zero-order valence-corrected chi connectivity index (χ0v) is 12.4. The number of nitrogens with one attached hydrogen (secondary N) is 2. The topological polar surface area (TPSA) is 54.2 Å². The minimum Gasteiger partial charge on any atom is -0.358 e. The van der Waals surface area contributed by atoms with Gasteiger partial charge in [-0.2, -0.15) is 10.2 Å². The van der Waals surface area contributed by atoms with Crippen molar-refractivity contribution in [3.63, 3.8) is 0 Å². The Hall–Kier alpha value is -2.47. The van der Waals surface area contributed by atoms with Gasteiger partial charge in [0.25, 0.3) is 0 Å². The zero-order chi connectivity index (χ0) is 14.9. The van der Waals surface area contributed by atoms with E-state index in [9.17, 15) is 0 Å². The van der Waals surface area contributed by atoms with E-state index in [4.69, 9.17) is 12.2 Å². The molecule has 1 heterocycles. The molecular formula is C15H17N5S. The molecule has 0 spiro atoms. The SMILES string of the molecule is C=CCNC(=S)N/N=C\c1cnn(Cc2ccccc2)c1. The number of aromatic nitrogens is 2. The lowest BCUT2D eigenvalue weighted by atomic mass is 10.2. The van der Waals surface area contributed by atoms with Gasteiger partial charge in [-0.1, -0.05) is 36.4 Å². The largest absolute Gasteiger partial charge is 0.358 e. The van der Waals surface area contributed by atoms with E-state index in [1.807, 2.05) is 29.1 Å². The van der Waals surface area contributed by atoms with Gasteiger partial charge in [0.1, 0.15) is 0 Å².